The van der Waals surface area contributed by atoms with E-state index in [4.69, 9.17) is 5.73 Å². The lowest BCUT2D eigenvalue weighted by Crippen LogP contribution is -2.32. The fourth-order valence-corrected chi connectivity index (χ4v) is 4.28. The molecule has 1 aromatic carbocycles. The highest BCUT2D eigenvalue weighted by molar-refractivity contribution is 7.89. The minimum atomic E-state index is -3.44. The van der Waals surface area contributed by atoms with Crippen LogP contribution >= 0.6 is 0 Å². The van der Waals surface area contributed by atoms with Gasteiger partial charge in [0.15, 0.2) is 0 Å². The fourth-order valence-electron chi connectivity index (χ4n) is 2.44. The smallest absolute Gasteiger partial charge is 0.245 e. The molecule has 1 aliphatic heterocycles. The molecule has 1 fully saturated rings. The maximum atomic E-state index is 12.6. The molecular formula is C13H20N2O2S. The van der Waals surface area contributed by atoms with Gasteiger partial charge in [-0.3, -0.25) is 0 Å². The van der Waals surface area contributed by atoms with Crippen LogP contribution in [0.15, 0.2) is 23.1 Å². The monoisotopic (exact) mass is 268 g/mol. The molecule has 0 atom stereocenters. The third kappa shape index (κ3) is 2.52. The molecule has 0 spiro atoms. The molecule has 0 saturated carbocycles. The van der Waals surface area contributed by atoms with E-state index >= 15 is 0 Å². The Morgan fingerprint density at radius 1 is 1.11 bits per heavy atom. The van der Waals surface area contributed by atoms with Crippen LogP contribution in [0.5, 0.6) is 0 Å². The van der Waals surface area contributed by atoms with Gasteiger partial charge in [0.05, 0.1) is 5.69 Å². The summed E-state index contributed by atoms with van der Waals surface area (Å²) in [6.45, 7) is 3.01. The average molecular weight is 268 g/mol. The Morgan fingerprint density at radius 3 is 2.28 bits per heavy atom. The zero-order valence-corrected chi connectivity index (χ0v) is 11.5. The van der Waals surface area contributed by atoms with Crippen molar-refractivity contribution in [1.29, 1.82) is 0 Å². The molecule has 1 aliphatic rings. The first-order chi connectivity index (χ1) is 8.53. The minimum absolute atomic E-state index is 0.284. The first kappa shape index (κ1) is 13.4. The van der Waals surface area contributed by atoms with Crippen molar-refractivity contribution >= 4 is 15.7 Å². The van der Waals surface area contributed by atoms with Crippen LogP contribution in [0.1, 0.15) is 31.2 Å². The zero-order chi connectivity index (χ0) is 13.2. The second-order valence-electron chi connectivity index (χ2n) is 4.81. The molecule has 2 N–H and O–H groups in total. The summed E-state index contributed by atoms with van der Waals surface area (Å²) in [5.74, 6) is 0. The number of aryl methyl sites for hydroxylation is 1. The van der Waals surface area contributed by atoms with E-state index in [2.05, 4.69) is 0 Å². The summed E-state index contributed by atoms with van der Waals surface area (Å²) in [4.78, 5) is 0.284. The van der Waals surface area contributed by atoms with Crippen LogP contribution in [-0.2, 0) is 10.0 Å². The topological polar surface area (TPSA) is 63.4 Å². The van der Waals surface area contributed by atoms with Gasteiger partial charge in [0, 0.05) is 13.1 Å². The van der Waals surface area contributed by atoms with Gasteiger partial charge in [-0.1, -0.05) is 25.0 Å². The summed E-state index contributed by atoms with van der Waals surface area (Å²) in [6, 6.07) is 5.23. The van der Waals surface area contributed by atoms with E-state index in [1.165, 1.54) is 0 Å². The van der Waals surface area contributed by atoms with Crippen LogP contribution in [0.25, 0.3) is 0 Å². The van der Waals surface area contributed by atoms with E-state index in [0.717, 1.165) is 31.2 Å². The largest absolute Gasteiger partial charge is 0.398 e. The molecule has 0 aliphatic carbocycles. The summed E-state index contributed by atoms with van der Waals surface area (Å²) >= 11 is 0. The Kier molecular flexibility index (Phi) is 3.92. The molecule has 4 nitrogen and oxygen atoms in total. The van der Waals surface area contributed by atoms with E-state index in [0.29, 0.717) is 18.8 Å². The normalized spacial score (nSPS) is 18.5. The lowest BCUT2D eigenvalue weighted by atomic mass is 10.2. The van der Waals surface area contributed by atoms with Gasteiger partial charge in [-0.25, -0.2) is 8.42 Å². The average Bonchev–Trinajstić information content (AvgIpc) is 2.57. The number of rotatable bonds is 2. The maximum Gasteiger partial charge on any atom is 0.245 e. The second kappa shape index (κ2) is 5.28. The number of nitrogen functional groups attached to an aromatic ring is 1. The van der Waals surface area contributed by atoms with Crippen molar-refractivity contribution in [1.82, 2.24) is 4.31 Å². The molecular weight excluding hydrogens is 248 g/mol. The Balaban J connectivity index is 2.41. The number of sulfonamides is 1. The van der Waals surface area contributed by atoms with Crippen LogP contribution in [0.2, 0.25) is 0 Å². The third-order valence-corrected chi connectivity index (χ3v) is 5.52. The summed E-state index contributed by atoms with van der Waals surface area (Å²) in [5, 5.41) is 0. The molecule has 0 aromatic heterocycles. The summed E-state index contributed by atoms with van der Waals surface area (Å²) < 4.78 is 26.8. The number of benzene rings is 1. The SMILES string of the molecule is Cc1cccc(N)c1S(=O)(=O)N1CCCCCC1. The van der Waals surface area contributed by atoms with Gasteiger partial charge < -0.3 is 5.73 Å². The van der Waals surface area contributed by atoms with E-state index in [1.54, 1.807) is 29.4 Å². The number of hydrogen-bond acceptors (Lipinski definition) is 3. The van der Waals surface area contributed by atoms with Crippen molar-refractivity contribution in [2.24, 2.45) is 0 Å². The highest BCUT2D eigenvalue weighted by Crippen LogP contribution is 2.27. The van der Waals surface area contributed by atoms with Crippen LogP contribution < -0.4 is 5.73 Å². The van der Waals surface area contributed by atoms with Crippen LogP contribution in [0.3, 0.4) is 0 Å². The lowest BCUT2D eigenvalue weighted by Gasteiger charge is -2.22. The molecule has 5 heteroatoms. The summed E-state index contributed by atoms with van der Waals surface area (Å²) in [6.07, 6.45) is 4.08. The molecule has 0 radical (unpaired) electrons. The van der Waals surface area contributed by atoms with Gasteiger partial charge in [0.1, 0.15) is 4.90 Å². The van der Waals surface area contributed by atoms with E-state index < -0.39 is 10.0 Å². The third-order valence-electron chi connectivity index (χ3n) is 3.41. The molecule has 2 rings (SSSR count). The molecule has 0 bridgehead atoms. The van der Waals surface area contributed by atoms with Crippen LogP contribution in [-0.4, -0.2) is 25.8 Å². The van der Waals surface area contributed by atoms with Gasteiger partial charge in [-0.15, -0.1) is 0 Å². The second-order valence-corrected chi connectivity index (χ2v) is 6.69. The van der Waals surface area contributed by atoms with Crippen molar-refractivity contribution in [3.63, 3.8) is 0 Å². The van der Waals surface area contributed by atoms with E-state index in [-0.39, 0.29) is 4.90 Å². The predicted molar refractivity (Wildman–Crippen MR) is 72.8 cm³/mol. The van der Waals surface area contributed by atoms with Gasteiger partial charge in [0.2, 0.25) is 10.0 Å². The first-order valence-electron chi connectivity index (χ1n) is 6.39. The Hall–Kier alpha value is -1.07. The van der Waals surface area contributed by atoms with Crippen molar-refractivity contribution in [2.75, 3.05) is 18.8 Å². The fraction of sp³-hybridized carbons (Fsp3) is 0.538. The van der Waals surface area contributed by atoms with Gasteiger partial charge in [-0.05, 0) is 31.4 Å². The first-order valence-corrected chi connectivity index (χ1v) is 7.83. The standard InChI is InChI=1S/C13H20N2O2S/c1-11-7-6-8-12(14)13(11)18(16,17)15-9-4-2-3-5-10-15/h6-8H,2-5,9-10,14H2,1H3. The number of nitrogens with zero attached hydrogens (tertiary/aromatic N) is 1. The van der Waals surface area contributed by atoms with Crippen LogP contribution in [0.4, 0.5) is 5.69 Å². The van der Waals surface area contributed by atoms with Crippen molar-refractivity contribution in [3.05, 3.63) is 23.8 Å². The highest BCUT2D eigenvalue weighted by atomic mass is 32.2. The lowest BCUT2D eigenvalue weighted by molar-refractivity contribution is 0.423. The molecule has 18 heavy (non-hydrogen) atoms. The van der Waals surface area contributed by atoms with Gasteiger partial charge >= 0.3 is 0 Å². The Bertz CT molecular complexity index is 498. The number of nitrogens with two attached hydrogens (primary N) is 1. The van der Waals surface area contributed by atoms with Crippen LogP contribution in [0, 0.1) is 6.92 Å². The molecule has 1 heterocycles. The summed E-state index contributed by atoms with van der Waals surface area (Å²) in [5.41, 5.74) is 6.92. The molecule has 0 amide bonds. The minimum Gasteiger partial charge on any atom is -0.398 e. The molecule has 1 saturated heterocycles. The van der Waals surface area contributed by atoms with Crippen molar-refractivity contribution in [2.45, 2.75) is 37.5 Å². The van der Waals surface area contributed by atoms with Crippen molar-refractivity contribution < 1.29 is 8.42 Å². The van der Waals surface area contributed by atoms with Crippen molar-refractivity contribution in [3.8, 4) is 0 Å². The molecule has 0 unspecified atom stereocenters. The molecule has 1 aromatic rings. The van der Waals surface area contributed by atoms with E-state index in [9.17, 15) is 8.42 Å². The van der Waals surface area contributed by atoms with Gasteiger partial charge in [0.25, 0.3) is 0 Å². The Morgan fingerprint density at radius 2 is 1.72 bits per heavy atom. The maximum absolute atomic E-state index is 12.6. The number of hydrogen-bond donors (Lipinski definition) is 1. The highest BCUT2D eigenvalue weighted by Gasteiger charge is 2.28. The Labute approximate surface area is 109 Å². The van der Waals surface area contributed by atoms with E-state index in [1.807, 2.05) is 0 Å². The molecule has 100 valence electrons. The quantitative estimate of drug-likeness (QED) is 0.836. The van der Waals surface area contributed by atoms with Gasteiger partial charge in [-0.2, -0.15) is 4.31 Å². The zero-order valence-electron chi connectivity index (χ0n) is 10.7. The predicted octanol–water partition coefficient (Wildman–Crippen LogP) is 2.14. The number of anilines is 1. The summed E-state index contributed by atoms with van der Waals surface area (Å²) in [7, 11) is -3.44.